The maximum absolute atomic E-state index is 12.6. The second kappa shape index (κ2) is 6.67. The van der Waals surface area contributed by atoms with Crippen molar-refractivity contribution in [3.8, 4) is 0 Å². The number of hydrogen-bond donors (Lipinski definition) is 1. The molecular weight excluding hydrogens is 270 g/mol. The number of nitro benzene ring substituents is 1. The molecule has 0 radical (unpaired) electrons. The van der Waals surface area contributed by atoms with Crippen molar-refractivity contribution in [3.63, 3.8) is 0 Å². The maximum atomic E-state index is 12.6. The van der Waals surface area contributed by atoms with Gasteiger partial charge in [0.05, 0.1) is 4.92 Å². The smallest absolute Gasteiger partial charge is 0.273 e. The summed E-state index contributed by atoms with van der Waals surface area (Å²) < 4.78 is 0. The molecule has 6 nitrogen and oxygen atoms in total. The number of piperidine rings is 1. The van der Waals surface area contributed by atoms with Gasteiger partial charge in [-0.25, -0.2) is 0 Å². The van der Waals surface area contributed by atoms with E-state index in [4.69, 9.17) is 5.73 Å². The number of hydrogen-bond acceptors (Lipinski definition) is 4. The second-order valence-electron chi connectivity index (χ2n) is 5.54. The molecule has 1 saturated heterocycles. The van der Waals surface area contributed by atoms with Crippen molar-refractivity contribution in [2.45, 2.75) is 26.2 Å². The van der Waals surface area contributed by atoms with E-state index in [1.807, 2.05) is 0 Å². The van der Waals surface area contributed by atoms with Crippen LogP contribution in [0.15, 0.2) is 18.2 Å². The molecule has 6 heteroatoms. The molecule has 1 aliphatic heterocycles. The standard InChI is InChI=1S/C15H21N3O3/c1-11-13(5-2-6-14(11)18(20)21)15(19)17-9-3-4-12(10-17)7-8-16/h2,5-6,12H,3-4,7-10,16H2,1H3. The van der Waals surface area contributed by atoms with Gasteiger partial charge >= 0.3 is 0 Å². The van der Waals surface area contributed by atoms with Crippen molar-refractivity contribution in [1.82, 2.24) is 4.90 Å². The summed E-state index contributed by atoms with van der Waals surface area (Å²) in [5.74, 6) is 0.324. The number of likely N-dealkylation sites (tertiary alicyclic amines) is 1. The average Bonchev–Trinajstić information content (AvgIpc) is 2.47. The van der Waals surface area contributed by atoms with Gasteiger partial charge in [-0.15, -0.1) is 0 Å². The summed E-state index contributed by atoms with van der Waals surface area (Å²) in [6.45, 7) is 3.66. The SMILES string of the molecule is Cc1c(C(=O)N2CCCC(CCN)C2)cccc1[N+](=O)[O-]. The van der Waals surface area contributed by atoms with E-state index in [1.165, 1.54) is 6.07 Å². The van der Waals surface area contributed by atoms with Crippen LogP contribution in [-0.4, -0.2) is 35.4 Å². The molecule has 114 valence electrons. The van der Waals surface area contributed by atoms with Gasteiger partial charge in [0, 0.05) is 30.3 Å². The quantitative estimate of drug-likeness (QED) is 0.679. The lowest BCUT2D eigenvalue weighted by Gasteiger charge is -2.33. The van der Waals surface area contributed by atoms with Crippen LogP contribution in [0.25, 0.3) is 0 Å². The molecule has 1 aromatic rings. The molecule has 0 bridgehead atoms. The third-order valence-corrected chi connectivity index (χ3v) is 4.11. The summed E-state index contributed by atoms with van der Waals surface area (Å²) in [4.78, 5) is 25.0. The molecule has 21 heavy (non-hydrogen) atoms. The van der Waals surface area contributed by atoms with Crippen LogP contribution < -0.4 is 5.73 Å². The minimum Gasteiger partial charge on any atom is -0.338 e. The third kappa shape index (κ3) is 3.39. The summed E-state index contributed by atoms with van der Waals surface area (Å²) in [5, 5.41) is 11.0. The number of carbonyl (C=O) groups excluding carboxylic acids is 1. The summed E-state index contributed by atoms with van der Waals surface area (Å²) >= 11 is 0. The van der Waals surface area contributed by atoms with Gasteiger partial charge in [-0.2, -0.15) is 0 Å². The summed E-state index contributed by atoms with van der Waals surface area (Å²) in [7, 11) is 0. The van der Waals surface area contributed by atoms with Crippen LogP contribution in [0.4, 0.5) is 5.69 Å². The number of rotatable bonds is 4. The van der Waals surface area contributed by atoms with Gasteiger partial charge in [-0.1, -0.05) is 6.07 Å². The normalized spacial score (nSPS) is 18.6. The van der Waals surface area contributed by atoms with E-state index in [-0.39, 0.29) is 11.6 Å². The molecule has 1 amide bonds. The van der Waals surface area contributed by atoms with Gasteiger partial charge in [-0.05, 0) is 44.7 Å². The second-order valence-corrected chi connectivity index (χ2v) is 5.54. The molecule has 2 rings (SSSR count). The van der Waals surface area contributed by atoms with Crippen molar-refractivity contribution in [2.75, 3.05) is 19.6 Å². The van der Waals surface area contributed by atoms with Crippen molar-refractivity contribution in [3.05, 3.63) is 39.4 Å². The predicted molar refractivity (Wildman–Crippen MR) is 80.1 cm³/mol. The van der Waals surface area contributed by atoms with Crippen LogP contribution in [0.5, 0.6) is 0 Å². The summed E-state index contributed by atoms with van der Waals surface area (Å²) in [6.07, 6.45) is 2.97. The Morgan fingerprint density at radius 2 is 2.29 bits per heavy atom. The van der Waals surface area contributed by atoms with E-state index < -0.39 is 4.92 Å². The van der Waals surface area contributed by atoms with E-state index in [9.17, 15) is 14.9 Å². The zero-order chi connectivity index (χ0) is 15.4. The van der Waals surface area contributed by atoms with Crippen LogP contribution in [0.3, 0.4) is 0 Å². The first-order chi connectivity index (χ1) is 10.0. The summed E-state index contributed by atoms with van der Waals surface area (Å²) in [5.41, 5.74) is 6.45. The van der Waals surface area contributed by atoms with Crippen LogP contribution in [0.2, 0.25) is 0 Å². The zero-order valence-corrected chi connectivity index (χ0v) is 12.2. The lowest BCUT2D eigenvalue weighted by atomic mass is 9.94. The van der Waals surface area contributed by atoms with Gasteiger partial charge in [0.1, 0.15) is 0 Å². The molecule has 1 fully saturated rings. The van der Waals surface area contributed by atoms with Crippen molar-refractivity contribution < 1.29 is 9.72 Å². The number of nitrogens with zero attached hydrogens (tertiary/aromatic N) is 2. The first-order valence-electron chi connectivity index (χ1n) is 7.28. The van der Waals surface area contributed by atoms with Gasteiger partial charge in [-0.3, -0.25) is 14.9 Å². The number of carbonyl (C=O) groups is 1. The molecule has 0 saturated carbocycles. The Hall–Kier alpha value is -1.95. The van der Waals surface area contributed by atoms with Crippen LogP contribution in [-0.2, 0) is 0 Å². The molecule has 0 aromatic heterocycles. The highest BCUT2D eigenvalue weighted by atomic mass is 16.6. The van der Waals surface area contributed by atoms with E-state index in [0.717, 1.165) is 19.3 Å². The van der Waals surface area contributed by atoms with Gasteiger partial charge in [0.15, 0.2) is 0 Å². The van der Waals surface area contributed by atoms with Crippen LogP contribution in [0, 0.1) is 23.0 Å². The lowest BCUT2D eigenvalue weighted by Crippen LogP contribution is -2.40. The van der Waals surface area contributed by atoms with E-state index in [0.29, 0.717) is 36.7 Å². The molecule has 1 aromatic carbocycles. The first-order valence-corrected chi connectivity index (χ1v) is 7.28. The van der Waals surface area contributed by atoms with Crippen LogP contribution in [0.1, 0.15) is 35.2 Å². The highest BCUT2D eigenvalue weighted by Gasteiger charge is 2.26. The molecular formula is C15H21N3O3. The molecule has 1 aliphatic rings. The Morgan fingerprint density at radius 3 is 2.95 bits per heavy atom. The highest BCUT2D eigenvalue weighted by molar-refractivity contribution is 5.96. The third-order valence-electron chi connectivity index (χ3n) is 4.11. The van der Waals surface area contributed by atoms with Gasteiger partial charge in [0.2, 0.25) is 0 Å². The minimum atomic E-state index is -0.445. The number of amides is 1. The van der Waals surface area contributed by atoms with Gasteiger partial charge < -0.3 is 10.6 Å². The Labute approximate surface area is 124 Å². The fourth-order valence-electron chi connectivity index (χ4n) is 2.94. The molecule has 1 atom stereocenters. The highest BCUT2D eigenvalue weighted by Crippen LogP contribution is 2.25. The zero-order valence-electron chi connectivity index (χ0n) is 12.2. The minimum absolute atomic E-state index is 0.00336. The molecule has 2 N–H and O–H groups in total. The van der Waals surface area contributed by atoms with E-state index in [1.54, 1.807) is 24.0 Å². The number of nitro groups is 1. The topological polar surface area (TPSA) is 89.5 Å². The predicted octanol–water partition coefficient (Wildman–Crippen LogP) is 2.10. The largest absolute Gasteiger partial charge is 0.338 e. The molecule has 0 aliphatic carbocycles. The number of benzene rings is 1. The summed E-state index contributed by atoms with van der Waals surface area (Å²) in [6, 6.07) is 4.66. The fourth-order valence-corrected chi connectivity index (χ4v) is 2.94. The van der Waals surface area contributed by atoms with Gasteiger partial charge in [0.25, 0.3) is 11.6 Å². The van der Waals surface area contributed by atoms with E-state index >= 15 is 0 Å². The molecule has 1 unspecified atom stereocenters. The Kier molecular flexibility index (Phi) is 4.90. The average molecular weight is 291 g/mol. The Bertz CT molecular complexity index is 543. The number of nitrogens with two attached hydrogens (primary N) is 1. The fraction of sp³-hybridized carbons (Fsp3) is 0.533. The molecule has 1 heterocycles. The Morgan fingerprint density at radius 1 is 1.52 bits per heavy atom. The van der Waals surface area contributed by atoms with E-state index in [2.05, 4.69) is 0 Å². The Balaban J connectivity index is 2.20. The monoisotopic (exact) mass is 291 g/mol. The maximum Gasteiger partial charge on any atom is 0.273 e. The van der Waals surface area contributed by atoms with Crippen LogP contribution >= 0.6 is 0 Å². The lowest BCUT2D eigenvalue weighted by molar-refractivity contribution is -0.385. The first kappa shape index (κ1) is 15.4. The van der Waals surface area contributed by atoms with Crippen molar-refractivity contribution in [1.29, 1.82) is 0 Å². The van der Waals surface area contributed by atoms with Crippen molar-refractivity contribution in [2.24, 2.45) is 11.7 Å². The van der Waals surface area contributed by atoms with Crippen molar-refractivity contribution >= 4 is 11.6 Å². The molecule has 0 spiro atoms.